The van der Waals surface area contributed by atoms with Gasteiger partial charge >= 0.3 is 0 Å². The van der Waals surface area contributed by atoms with E-state index in [-0.39, 0.29) is 12.3 Å². The maximum Gasteiger partial charge on any atom is 0.276 e. The predicted molar refractivity (Wildman–Crippen MR) is 148 cm³/mol. The zero-order chi connectivity index (χ0) is 26.9. The van der Waals surface area contributed by atoms with Gasteiger partial charge in [0.1, 0.15) is 12.4 Å². The highest BCUT2D eigenvalue weighted by Crippen LogP contribution is 2.21. The van der Waals surface area contributed by atoms with E-state index in [1.54, 1.807) is 36.5 Å². The minimum atomic E-state index is -0.414. The molecule has 4 aromatic rings. The second kappa shape index (κ2) is 12.4. The van der Waals surface area contributed by atoms with Crippen LogP contribution in [0.5, 0.6) is 5.75 Å². The number of nitro benzene ring substituents is 1. The first-order valence-electron chi connectivity index (χ1n) is 12.3. The Kier molecular flexibility index (Phi) is 8.14. The number of benzene rings is 3. The minimum absolute atomic E-state index is 0.0320. The number of nitrogens with zero attached hydrogens (tertiary/aromatic N) is 6. The Labute approximate surface area is 224 Å². The molecule has 1 aromatic heterocycles. The molecule has 198 valence electrons. The zero-order valence-electron chi connectivity index (χ0n) is 20.9. The number of hydrogen-bond donors (Lipinski definition) is 2. The molecule has 12 heteroatoms. The molecule has 39 heavy (non-hydrogen) atoms. The van der Waals surface area contributed by atoms with Crippen molar-refractivity contribution in [2.45, 2.75) is 6.61 Å². The average Bonchev–Trinajstić information content (AvgIpc) is 2.98. The van der Waals surface area contributed by atoms with Gasteiger partial charge in [-0.25, -0.2) is 5.43 Å². The summed E-state index contributed by atoms with van der Waals surface area (Å²) in [4.78, 5) is 26.4. The molecule has 5 rings (SSSR count). The number of hydrazone groups is 1. The van der Waals surface area contributed by atoms with E-state index in [0.717, 1.165) is 11.3 Å². The Morgan fingerprint density at radius 2 is 1.67 bits per heavy atom. The van der Waals surface area contributed by atoms with Gasteiger partial charge in [0.05, 0.1) is 29.9 Å². The van der Waals surface area contributed by atoms with Crippen molar-refractivity contribution >= 4 is 35.4 Å². The molecule has 1 saturated heterocycles. The minimum Gasteiger partial charge on any atom is -0.489 e. The van der Waals surface area contributed by atoms with Crippen LogP contribution in [-0.4, -0.2) is 52.4 Å². The van der Waals surface area contributed by atoms with Crippen LogP contribution in [-0.2, 0) is 11.3 Å². The van der Waals surface area contributed by atoms with Crippen molar-refractivity contribution in [2.24, 2.45) is 5.10 Å². The molecule has 0 unspecified atom stereocenters. The molecule has 1 aliphatic heterocycles. The van der Waals surface area contributed by atoms with Gasteiger partial charge in [0.15, 0.2) is 0 Å². The number of nitro groups is 1. The highest BCUT2D eigenvalue weighted by molar-refractivity contribution is 5.80. The Hall–Kier alpha value is -5.10. The van der Waals surface area contributed by atoms with Crippen LogP contribution in [0.1, 0.15) is 11.1 Å². The molecule has 1 fully saturated rings. The number of rotatable bonds is 10. The molecule has 3 aromatic carbocycles. The predicted octanol–water partition coefficient (Wildman–Crippen LogP) is 4.39. The summed E-state index contributed by atoms with van der Waals surface area (Å²) in [5, 5.41) is 18.7. The number of para-hydroxylation sites is 2. The Morgan fingerprint density at radius 1 is 0.949 bits per heavy atom. The number of morpholine rings is 1. The van der Waals surface area contributed by atoms with Crippen molar-refractivity contribution in [3.63, 3.8) is 0 Å². The summed E-state index contributed by atoms with van der Waals surface area (Å²) in [6.07, 6.45) is 1.63. The van der Waals surface area contributed by atoms with Crippen molar-refractivity contribution in [3.8, 4) is 5.75 Å². The monoisotopic (exact) mass is 526 g/mol. The van der Waals surface area contributed by atoms with Gasteiger partial charge in [0, 0.05) is 24.8 Å². The highest BCUT2D eigenvalue weighted by atomic mass is 16.6. The number of hydrogen-bond acceptors (Lipinski definition) is 11. The van der Waals surface area contributed by atoms with Crippen LogP contribution in [0.25, 0.3) is 0 Å². The molecule has 1 aliphatic rings. The van der Waals surface area contributed by atoms with Crippen LogP contribution in [0.15, 0.2) is 84.0 Å². The van der Waals surface area contributed by atoms with Crippen molar-refractivity contribution < 1.29 is 14.4 Å². The van der Waals surface area contributed by atoms with E-state index in [9.17, 15) is 10.1 Å². The van der Waals surface area contributed by atoms with Gasteiger partial charge in [-0.1, -0.05) is 30.3 Å². The van der Waals surface area contributed by atoms with Crippen LogP contribution in [0, 0.1) is 10.1 Å². The molecule has 12 nitrogen and oxygen atoms in total. The maximum absolute atomic E-state index is 11.2. The van der Waals surface area contributed by atoms with Gasteiger partial charge in [-0.05, 0) is 48.0 Å². The normalized spacial score (nSPS) is 13.3. The molecule has 0 amide bonds. The standard InChI is InChI=1S/C27H26N8O4/c36-35(37)24-9-5-4-6-21(24)19-39-23-12-10-20(11-13-23)18-28-33-26-30-25(29-22-7-2-1-3-8-22)31-27(32-26)34-14-16-38-17-15-34/h1-13,18H,14-17,19H2,(H2,29,30,31,32,33)/b28-18-. The van der Waals surface area contributed by atoms with Crippen molar-refractivity contribution in [1.82, 2.24) is 15.0 Å². The van der Waals surface area contributed by atoms with Gasteiger partial charge in [-0.3, -0.25) is 10.1 Å². The molecule has 0 bridgehead atoms. The summed E-state index contributed by atoms with van der Waals surface area (Å²) in [5.74, 6) is 1.81. The Bertz CT molecular complexity index is 1430. The van der Waals surface area contributed by atoms with E-state index < -0.39 is 4.92 Å². The fraction of sp³-hybridized carbons (Fsp3) is 0.185. The molecule has 0 spiro atoms. The first kappa shape index (κ1) is 25.5. The van der Waals surface area contributed by atoms with Crippen molar-refractivity contribution in [2.75, 3.05) is 41.9 Å². The second-order valence-electron chi connectivity index (χ2n) is 8.49. The SMILES string of the molecule is O=[N+]([O-])c1ccccc1COc1ccc(/C=N\Nc2nc(Nc3ccccc3)nc(N3CCOCC3)n2)cc1. The molecule has 0 saturated carbocycles. The van der Waals surface area contributed by atoms with Crippen LogP contribution >= 0.6 is 0 Å². The maximum atomic E-state index is 11.2. The summed E-state index contributed by atoms with van der Waals surface area (Å²) in [5.41, 5.74) is 5.10. The third-order valence-electron chi connectivity index (χ3n) is 5.79. The smallest absolute Gasteiger partial charge is 0.276 e. The van der Waals surface area contributed by atoms with Gasteiger partial charge in [-0.2, -0.15) is 20.1 Å². The summed E-state index contributed by atoms with van der Waals surface area (Å²) >= 11 is 0. The lowest BCUT2D eigenvalue weighted by Crippen LogP contribution is -2.37. The molecule has 2 N–H and O–H groups in total. The Morgan fingerprint density at radius 3 is 2.44 bits per heavy atom. The molecular formula is C27H26N8O4. The number of anilines is 4. The molecule has 0 aliphatic carbocycles. The summed E-state index contributed by atoms with van der Waals surface area (Å²) in [6.45, 7) is 2.68. The summed E-state index contributed by atoms with van der Waals surface area (Å²) in [6, 6.07) is 23.4. The average molecular weight is 527 g/mol. The van der Waals surface area contributed by atoms with E-state index >= 15 is 0 Å². The fourth-order valence-corrected chi connectivity index (χ4v) is 3.81. The van der Waals surface area contributed by atoms with Crippen LogP contribution in [0.4, 0.5) is 29.2 Å². The molecule has 0 radical (unpaired) electrons. The first-order valence-corrected chi connectivity index (χ1v) is 12.3. The summed E-state index contributed by atoms with van der Waals surface area (Å²) in [7, 11) is 0. The lowest BCUT2D eigenvalue weighted by Gasteiger charge is -2.27. The first-order chi connectivity index (χ1) is 19.1. The van der Waals surface area contributed by atoms with Gasteiger partial charge in [0.2, 0.25) is 17.8 Å². The van der Waals surface area contributed by atoms with E-state index in [4.69, 9.17) is 9.47 Å². The highest BCUT2D eigenvalue weighted by Gasteiger charge is 2.17. The van der Waals surface area contributed by atoms with Crippen LogP contribution < -0.4 is 20.4 Å². The van der Waals surface area contributed by atoms with E-state index in [0.29, 0.717) is 55.5 Å². The quantitative estimate of drug-likeness (QED) is 0.174. The van der Waals surface area contributed by atoms with Crippen LogP contribution in [0.2, 0.25) is 0 Å². The number of ether oxygens (including phenoxy) is 2. The number of nitrogens with one attached hydrogen (secondary N) is 2. The lowest BCUT2D eigenvalue weighted by molar-refractivity contribution is -0.385. The number of aromatic nitrogens is 3. The van der Waals surface area contributed by atoms with Gasteiger partial charge < -0.3 is 19.7 Å². The van der Waals surface area contributed by atoms with E-state index in [2.05, 4.69) is 30.8 Å². The molecule has 2 heterocycles. The molecule has 0 atom stereocenters. The van der Waals surface area contributed by atoms with Crippen LogP contribution in [0.3, 0.4) is 0 Å². The molecular weight excluding hydrogens is 500 g/mol. The second-order valence-corrected chi connectivity index (χ2v) is 8.49. The van der Waals surface area contributed by atoms with Gasteiger partial charge in [0.25, 0.3) is 5.69 Å². The summed E-state index contributed by atoms with van der Waals surface area (Å²) < 4.78 is 11.2. The Balaban J connectivity index is 1.24. The van der Waals surface area contributed by atoms with E-state index in [1.165, 1.54) is 6.07 Å². The zero-order valence-corrected chi connectivity index (χ0v) is 20.9. The largest absolute Gasteiger partial charge is 0.489 e. The fourth-order valence-electron chi connectivity index (χ4n) is 3.81. The van der Waals surface area contributed by atoms with Crippen molar-refractivity contribution in [1.29, 1.82) is 0 Å². The lowest BCUT2D eigenvalue weighted by atomic mass is 10.2. The third kappa shape index (κ3) is 7.02. The topological polar surface area (TPSA) is 140 Å². The van der Waals surface area contributed by atoms with Gasteiger partial charge in [-0.15, -0.1) is 0 Å². The van der Waals surface area contributed by atoms with Crippen molar-refractivity contribution in [3.05, 3.63) is 100 Å². The van der Waals surface area contributed by atoms with E-state index in [1.807, 2.05) is 47.4 Å². The third-order valence-corrected chi connectivity index (χ3v) is 5.79.